The van der Waals surface area contributed by atoms with Gasteiger partial charge in [0.15, 0.2) is 0 Å². The van der Waals surface area contributed by atoms with Crippen molar-refractivity contribution in [1.29, 1.82) is 0 Å². The van der Waals surface area contributed by atoms with Crippen molar-refractivity contribution in [3.63, 3.8) is 0 Å². The molecule has 2 unspecified atom stereocenters. The van der Waals surface area contributed by atoms with Crippen molar-refractivity contribution >= 4 is 11.8 Å². The van der Waals surface area contributed by atoms with Gasteiger partial charge in [0.25, 0.3) is 11.8 Å². The summed E-state index contributed by atoms with van der Waals surface area (Å²) in [5, 5.41) is 24.2. The van der Waals surface area contributed by atoms with Gasteiger partial charge in [-0.3, -0.25) is 9.59 Å². The minimum absolute atomic E-state index is 0.0691. The molecule has 0 saturated heterocycles. The Morgan fingerprint density at radius 3 is 1.42 bits per heavy atom. The summed E-state index contributed by atoms with van der Waals surface area (Å²) < 4.78 is 0. The van der Waals surface area contributed by atoms with Crippen molar-refractivity contribution in [3.05, 3.63) is 35.4 Å². The van der Waals surface area contributed by atoms with Gasteiger partial charge in [-0.15, -0.1) is 0 Å². The molecule has 0 aliphatic heterocycles. The first-order valence-electron chi connectivity index (χ1n) is 8.24. The molecule has 1 rings (SSSR count). The molecule has 6 heteroatoms. The Morgan fingerprint density at radius 2 is 1.17 bits per heavy atom. The highest BCUT2D eigenvalue weighted by molar-refractivity contribution is 6.07. The fourth-order valence-electron chi connectivity index (χ4n) is 2.22. The maximum Gasteiger partial charge on any atom is 0.252 e. The van der Waals surface area contributed by atoms with Crippen LogP contribution in [0.2, 0.25) is 0 Å². The van der Waals surface area contributed by atoms with Crippen LogP contribution in [-0.4, -0.2) is 47.3 Å². The molecular weight excluding hydrogens is 308 g/mol. The van der Waals surface area contributed by atoms with E-state index in [4.69, 9.17) is 0 Å². The zero-order chi connectivity index (χ0) is 18.3. The van der Waals surface area contributed by atoms with Gasteiger partial charge in [-0.25, -0.2) is 0 Å². The second kappa shape index (κ2) is 9.39. The van der Waals surface area contributed by atoms with Crippen LogP contribution in [-0.2, 0) is 0 Å². The van der Waals surface area contributed by atoms with E-state index in [9.17, 15) is 19.8 Å². The van der Waals surface area contributed by atoms with Gasteiger partial charge in [-0.05, 0) is 24.0 Å². The van der Waals surface area contributed by atoms with E-state index in [1.54, 1.807) is 24.3 Å². The molecule has 0 aliphatic rings. The number of amides is 2. The topological polar surface area (TPSA) is 98.7 Å². The van der Waals surface area contributed by atoms with E-state index in [0.29, 0.717) is 0 Å². The lowest BCUT2D eigenvalue weighted by atomic mass is 10.0. The molecule has 134 valence electrons. The monoisotopic (exact) mass is 336 g/mol. The lowest BCUT2D eigenvalue weighted by Gasteiger charge is -2.22. The van der Waals surface area contributed by atoms with E-state index in [1.165, 1.54) is 0 Å². The molecule has 4 N–H and O–H groups in total. The van der Waals surface area contributed by atoms with Crippen LogP contribution in [0, 0.1) is 11.8 Å². The molecule has 0 aliphatic carbocycles. The summed E-state index contributed by atoms with van der Waals surface area (Å²) in [4.78, 5) is 25.0. The number of carbonyl (C=O) groups is 2. The van der Waals surface area contributed by atoms with Crippen molar-refractivity contribution in [1.82, 2.24) is 10.6 Å². The third-order valence-electron chi connectivity index (χ3n) is 4.05. The molecule has 24 heavy (non-hydrogen) atoms. The first-order chi connectivity index (χ1) is 11.3. The molecular formula is C18H28N2O4. The van der Waals surface area contributed by atoms with Crippen molar-refractivity contribution in [2.24, 2.45) is 11.8 Å². The summed E-state index contributed by atoms with van der Waals surface area (Å²) in [5.41, 5.74) is 0.490. The standard InChI is InChI=1S/C18H28N2O4/c1-11(2)15(9-21)19-17(23)13-7-5-6-8-14(13)18(24)20-16(10-22)12(3)4/h5-8,11-12,15-16,21-22H,9-10H2,1-4H3,(H,19,23)(H,20,24). The molecule has 0 aromatic heterocycles. The lowest BCUT2D eigenvalue weighted by Crippen LogP contribution is -2.43. The quantitative estimate of drug-likeness (QED) is 0.573. The number of aliphatic hydroxyl groups excluding tert-OH is 2. The van der Waals surface area contributed by atoms with Crippen molar-refractivity contribution in [2.45, 2.75) is 39.8 Å². The highest BCUT2D eigenvalue weighted by Gasteiger charge is 2.23. The fourth-order valence-corrected chi connectivity index (χ4v) is 2.22. The molecule has 1 aromatic rings. The summed E-state index contributed by atoms with van der Waals surface area (Å²) in [5.74, 6) is -0.670. The SMILES string of the molecule is CC(C)C(CO)NC(=O)c1ccccc1C(=O)NC(CO)C(C)C. The largest absolute Gasteiger partial charge is 0.394 e. The highest BCUT2D eigenvalue weighted by atomic mass is 16.3. The van der Waals surface area contributed by atoms with Gasteiger partial charge in [-0.1, -0.05) is 39.8 Å². The van der Waals surface area contributed by atoms with Gasteiger partial charge < -0.3 is 20.8 Å². The zero-order valence-electron chi connectivity index (χ0n) is 14.7. The van der Waals surface area contributed by atoms with Crippen molar-refractivity contribution in [3.8, 4) is 0 Å². The third kappa shape index (κ3) is 5.32. The third-order valence-corrected chi connectivity index (χ3v) is 4.05. The second-order valence-corrected chi connectivity index (χ2v) is 6.56. The average molecular weight is 336 g/mol. The Labute approximate surface area is 143 Å². The van der Waals surface area contributed by atoms with Crippen LogP contribution in [0.3, 0.4) is 0 Å². The summed E-state index contributed by atoms with van der Waals surface area (Å²) in [6.07, 6.45) is 0. The number of aliphatic hydroxyl groups is 2. The molecule has 0 saturated carbocycles. The van der Waals surface area contributed by atoms with Gasteiger partial charge in [0.1, 0.15) is 0 Å². The Balaban J connectivity index is 2.99. The van der Waals surface area contributed by atoms with Crippen LogP contribution in [0.15, 0.2) is 24.3 Å². The molecule has 0 bridgehead atoms. The molecule has 0 spiro atoms. The van der Waals surface area contributed by atoms with Gasteiger partial charge in [0, 0.05) is 0 Å². The van der Waals surface area contributed by atoms with Crippen molar-refractivity contribution < 1.29 is 19.8 Å². The smallest absolute Gasteiger partial charge is 0.252 e. The molecule has 2 amide bonds. The van der Waals surface area contributed by atoms with E-state index in [2.05, 4.69) is 10.6 Å². The predicted molar refractivity (Wildman–Crippen MR) is 92.8 cm³/mol. The van der Waals surface area contributed by atoms with Gasteiger partial charge in [0.05, 0.1) is 36.4 Å². The Morgan fingerprint density at radius 1 is 0.833 bits per heavy atom. The fraction of sp³-hybridized carbons (Fsp3) is 0.556. The molecule has 2 atom stereocenters. The predicted octanol–water partition coefficient (Wildman–Crippen LogP) is 1.18. The Kier molecular flexibility index (Phi) is 7.88. The minimum atomic E-state index is -0.404. The summed E-state index contributed by atoms with van der Waals surface area (Å²) in [6, 6.07) is 5.75. The molecule has 1 aromatic carbocycles. The van der Waals surface area contributed by atoms with Gasteiger partial charge in [0.2, 0.25) is 0 Å². The van der Waals surface area contributed by atoms with Crippen LogP contribution in [0.5, 0.6) is 0 Å². The maximum absolute atomic E-state index is 12.5. The lowest BCUT2D eigenvalue weighted by molar-refractivity contribution is 0.0863. The Hall–Kier alpha value is -1.92. The van der Waals surface area contributed by atoms with E-state index in [0.717, 1.165) is 0 Å². The number of nitrogens with one attached hydrogen (secondary N) is 2. The minimum Gasteiger partial charge on any atom is -0.394 e. The van der Waals surface area contributed by atoms with E-state index < -0.39 is 11.8 Å². The normalized spacial score (nSPS) is 13.7. The van der Waals surface area contributed by atoms with Crippen LogP contribution in [0.4, 0.5) is 0 Å². The first-order valence-corrected chi connectivity index (χ1v) is 8.24. The van der Waals surface area contributed by atoms with Gasteiger partial charge in [-0.2, -0.15) is 0 Å². The van der Waals surface area contributed by atoms with Crippen LogP contribution in [0.1, 0.15) is 48.4 Å². The number of rotatable bonds is 8. The second-order valence-electron chi connectivity index (χ2n) is 6.56. The highest BCUT2D eigenvalue weighted by Crippen LogP contribution is 2.12. The van der Waals surface area contributed by atoms with Crippen LogP contribution < -0.4 is 10.6 Å². The summed E-state index contributed by atoms with van der Waals surface area (Å²) in [6.45, 7) is 7.25. The Bertz CT molecular complexity index is 509. The van der Waals surface area contributed by atoms with Crippen molar-refractivity contribution in [2.75, 3.05) is 13.2 Å². The molecule has 0 radical (unpaired) electrons. The van der Waals surface area contributed by atoms with Crippen LogP contribution >= 0.6 is 0 Å². The van der Waals surface area contributed by atoms with E-state index >= 15 is 0 Å². The maximum atomic E-state index is 12.5. The van der Waals surface area contributed by atoms with Gasteiger partial charge >= 0.3 is 0 Å². The number of carbonyl (C=O) groups excluding carboxylic acids is 2. The summed E-state index contributed by atoms with van der Waals surface area (Å²) in [7, 11) is 0. The molecule has 6 nitrogen and oxygen atoms in total. The molecule has 0 fully saturated rings. The van der Waals surface area contributed by atoms with Crippen LogP contribution in [0.25, 0.3) is 0 Å². The zero-order valence-corrected chi connectivity index (χ0v) is 14.7. The molecule has 0 heterocycles. The summed E-state index contributed by atoms with van der Waals surface area (Å²) >= 11 is 0. The average Bonchev–Trinajstić information content (AvgIpc) is 2.56. The first kappa shape index (κ1) is 20.1. The van der Waals surface area contributed by atoms with E-state index in [-0.39, 0.29) is 48.3 Å². The number of benzene rings is 1. The number of hydrogen-bond donors (Lipinski definition) is 4. The van der Waals surface area contributed by atoms with E-state index in [1.807, 2.05) is 27.7 Å². The number of hydrogen-bond acceptors (Lipinski definition) is 4.